The van der Waals surface area contributed by atoms with Gasteiger partial charge in [-0.25, -0.2) is 0 Å². The maximum atomic E-state index is 12.3. The summed E-state index contributed by atoms with van der Waals surface area (Å²) in [5.41, 5.74) is 7.37. The topological polar surface area (TPSA) is 58.4 Å². The molecule has 7 heteroatoms. The molecule has 1 heterocycles. The van der Waals surface area contributed by atoms with Gasteiger partial charge in [-0.3, -0.25) is 4.79 Å². The molecule has 0 unspecified atom stereocenters. The van der Waals surface area contributed by atoms with Gasteiger partial charge in [-0.1, -0.05) is 18.2 Å². The van der Waals surface area contributed by atoms with Crippen molar-refractivity contribution in [1.29, 1.82) is 0 Å². The van der Waals surface area contributed by atoms with Crippen molar-refractivity contribution in [2.45, 2.75) is 44.2 Å². The van der Waals surface area contributed by atoms with Crippen LogP contribution >= 0.6 is 36.6 Å². The molecule has 1 aliphatic carbocycles. The van der Waals surface area contributed by atoms with Gasteiger partial charge in [-0.2, -0.15) is 0 Å². The van der Waals surface area contributed by atoms with Gasteiger partial charge in [0.25, 0.3) is 0 Å². The van der Waals surface area contributed by atoms with Gasteiger partial charge in [0, 0.05) is 24.0 Å². The smallest absolute Gasteiger partial charge is 0.240 e. The van der Waals surface area contributed by atoms with Crippen molar-refractivity contribution in [1.82, 2.24) is 4.90 Å². The minimum absolute atomic E-state index is 0. The molecule has 1 amide bonds. The number of thioether (sulfide) groups is 1. The highest BCUT2D eigenvalue weighted by molar-refractivity contribution is 7.99. The Kier molecular flexibility index (Phi) is 10.0. The molecule has 2 fully saturated rings. The van der Waals surface area contributed by atoms with Gasteiger partial charge in [0.05, 0.1) is 11.9 Å². The van der Waals surface area contributed by atoms with Gasteiger partial charge >= 0.3 is 0 Å². The van der Waals surface area contributed by atoms with Gasteiger partial charge in [0.1, 0.15) is 0 Å². The number of carbonyl (C=O) groups excluding carboxylic acids is 1. The van der Waals surface area contributed by atoms with E-state index in [1.165, 1.54) is 31.4 Å². The summed E-state index contributed by atoms with van der Waals surface area (Å²) in [5, 5.41) is 3.61. The average Bonchev–Trinajstić information content (AvgIpc) is 3.11. The number of nitrogens with zero attached hydrogens (tertiary/aromatic N) is 1. The number of benzene rings is 1. The highest BCUT2D eigenvalue weighted by atomic mass is 35.5. The fraction of sp³-hybridized carbons (Fsp3) is 0.611. The van der Waals surface area contributed by atoms with E-state index in [4.69, 9.17) is 5.73 Å². The predicted molar refractivity (Wildman–Crippen MR) is 112 cm³/mol. The lowest BCUT2D eigenvalue weighted by molar-refractivity contribution is -0.131. The van der Waals surface area contributed by atoms with E-state index < -0.39 is 0 Å². The third-order valence-corrected chi connectivity index (χ3v) is 5.93. The van der Waals surface area contributed by atoms with Crippen LogP contribution in [0.25, 0.3) is 0 Å². The molecule has 1 aromatic rings. The minimum atomic E-state index is -0.308. The molecule has 142 valence electrons. The van der Waals surface area contributed by atoms with Crippen molar-refractivity contribution < 1.29 is 4.79 Å². The number of para-hydroxylation sites is 1. The van der Waals surface area contributed by atoms with E-state index in [1.807, 2.05) is 22.7 Å². The Morgan fingerprint density at radius 1 is 1.20 bits per heavy atom. The second-order valence-corrected chi connectivity index (χ2v) is 7.78. The first-order chi connectivity index (χ1) is 11.2. The second kappa shape index (κ2) is 11.2. The molecule has 3 rings (SSSR count). The lowest BCUT2D eigenvalue weighted by Crippen LogP contribution is -2.43. The van der Waals surface area contributed by atoms with Crippen molar-refractivity contribution >= 4 is 48.2 Å². The maximum Gasteiger partial charge on any atom is 0.240 e. The number of rotatable bonds is 5. The van der Waals surface area contributed by atoms with E-state index >= 15 is 0 Å². The van der Waals surface area contributed by atoms with Gasteiger partial charge in [0.2, 0.25) is 5.91 Å². The molecule has 0 spiro atoms. The summed E-state index contributed by atoms with van der Waals surface area (Å²) in [6, 6.07) is 10.7. The van der Waals surface area contributed by atoms with Crippen LogP contribution in [0.2, 0.25) is 0 Å². The Bertz CT molecular complexity index is 506. The summed E-state index contributed by atoms with van der Waals surface area (Å²) in [6.45, 7) is 0.866. The molecule has 1 atom stereocenters. The summed E-state index contributed by atoms with van der Waals surface area (Å²) < 4.78 is 0. The highest BCUT2D eigenvalue weighted by Gasteiger charge is 2.28. The summed E-state index contributed by atoms with van der Waals surface area (Å²) in [5.74, 6) is 2.62. The fourth-order valence-electron chi connectivity index (χ4n) is 3.59. The minimum Gasteiger partial charge on any atom is -0.382 e. The summed E-state index contributed by atoms with van der Waals surface area (Å²) in [4.78, 5) is 14.2. The number of nitrogens with two attached hydrogens (primary N) is 1. The molecular weight excluding hydrogens is 377 g/mol. The number of amides is 1. The van der Waals surface area contributed by atoms with E-state index in [0.29, 0.717) is 12.0 Å². The molecule has 3 N–H and O–H groups in total. The zero-order chi connectivity index (χ0) is 16.1. The van der Waals surface area contributed by atoms with Crippen molar-refractivity contribution in [3.8, 4) is 0 Å². The van der Waals surface area contributed by atoms with Crippen molar-refractivity contribution in [2.75, 3.05) is 23.5 Å². The van der Waals surface area contributed by atoms with Gasteiger partial charge < -0.3 is 16.0 Å². The van der Waals surface area contributed by atoms with Crippen molar-refractivity contribution in [2.24, 2.45) is 11.7 Å². The Hall–Kier alpha value is -0.620. The normalized spacial score (nSPS) is 24.0. The average molecular weight is 406 g/mol. The van der Waals surface area contributed by atoms with Crippen LogP contribution in [0.15, 0.2) is 30.3 Å². The van der Waals surface area contributed by atoms with Crippen LogP contribution in [0.4, 0.5) is 5.69 Å². The third kappa shape index (κ3) is 6.55. The lowest BCUT2D eigenvalue weighted by atomic mass is 9.82. The molecule has 0 radical (unpaired) electrons. The Morgan fingerprint density at radius 2 is 1.88 bits per heavy atom. The second-order valence-electron chi connectivity index (χ2n) is 6.71. The number of anilines is 1. The van der Waals surface area contributed by atoms with Crippen LogP contribution in [0.3, 0.4) is 0 Å². The van der Waals surface area contributed by atoms with E-state index in [0.717, 1.165) is 24.6 Å². The van der Waals surface area contributed by atoms with Gasteiger partial charge in [0.15, 0.2) is 0 Å². The summed E-state index contributed by atoms with van der Waals surface area (Å²) in [6.07, 6.45) is 5.51. The Labute approximate surface area is 167 Å². The fourth-order valence-corrected chi connectivity index (χ4v) is 4.55. The molecule has 25 heavy (non-hydrogen) atoms. The van der Waals surface area contributed by atoms with E-state index in [2.05, 4.69) is 29.6 Å². The van der Waals surface area contributed by atoms with Gasteiger partial charge in [-0.05, 0) is 50.2 Å². The van der Waals surface area contributed by atoms with Crippen LogP contribution in [0.5, 0.6) is 0 Å². The molecule has 1 aromatic carbocycles. The first kappa shape index (κ1) is 22.4. The SMILES string of the molecule is Cl.Cl.N[C@@H](CC1CCC(Nc2ccccc2)CC1)C(=O)N1CCSC1. The molecule has 1 saturated carbocycles. The third-order valence-electron chi connectivity index (χ3n) is 4.96. The Morgan fingerprint density at radius 3 is 2.48 bits per heavy atom. The first-order valence-corrected chi connectivity index (χ1v) is 9.81. The van der Waals surface area contributed by atoms with Crippen molar-refractivity contribution in [3.05, 3.63) is 30.3 Å². The number of halogens is 2. The number of hydrogen-bond acceptors (Lipinski definition) is 4. The monoisotopic (exact) mass is 405 g/mol. The van der Waals surface area contributed by atoms with Gasteiger partial charge in [-0.15, -0.1) is 36.6 Å². The molecule has 0 bridgehead atoms. The van der Waals surface area contributed by atoms with Crippen molar-refractivity contribution in [3.63, 3.8) is 0 Å². The van der Waals surface area contributed by atoms with Crippen LogP contribution in [-0.4, -0.2) is 41.1 Å². The van der Waals surface area contributed by atoms with E-state index in [9.17, 15) is 4.79 Å². The lowest BCUT2D eigenvalue weighted by Gasteiger charge is -2.31. The number of carbonyl (C=O) groups is 1. The first-order valence-electron chi connectivity index (χ1n) is 8.66. The Balaban J connectivity index is 0.00000156. The maximum absolute atomic E-state index is 12.3. The van der Waals surface area contributed by atoms with E-state index in [1.54, 1.807) is 0 Å². The predicted octanol–water partition coefficient (Wildman–Crippen LogP) is 3.75. The zero-order valence-corrected chi connectivity index (χ0v) is 16.9. The molecule has 0 aromatic heterocycles. The summed E-state index contributed by atoms with van der Waals surface area (Å²) >= 11 is 1.82. The quantitative estimate of drug-likeness (QED) is 0.782. The number of nitrogens with one attached hydrogen (secondary N) is 1. The molecule has 1 saturated heterocycles. The van der Waals surface area contributed by atoms with Crippen LogP contribution in [-0.2, 0) is 4.79 Å². The molecular formula is C18H29Cl2N3OS. The largest absolute Gasteiger partial charge is 0.382 e. The van der Waals surface area contributed by atoms with Crippen LogP contribution in [0, 0.1) is 5.92 Å². The number of hydrogen-bond donors (Lipinski definition) is 2. The molecule has 1 aliphatic heterocycles. The van der Waals surface area contributed by atoms with Crippen LogP contribution in [0.1, 0.15) is 32.1 Å². The standard InChI is InChI=1S/C18H27N3OS.2ClH/c19-17(18(22)21-10-11-23-13-21)12-14-6-8-16(9-7-14)20-15-4-2-1-3-5-15;;/h1-5,14,16-17,20H,6-13,19H2;2*1H/t14?,16?,17-;;/m0../s1. The molecule has 2 aliphatic rings. The zero-order valence-electron chi connectivity index (χ0n) is 14.4. The van der Waals surface area contributed by atoms with E-state index in [-0.39, 0.29) is 36.8 Å². The van der Waals surface area contributed by atoms with Crippen LogP contribution < -0.4 is 11.1 Å². The highest BCUT2D eigenvalue weighted by Crippen LogP contribution is 2.30. The summed E-state index contributed by atoms with van der Waals surface area (Å²) in [7, 11) is 0. The molecule has 4 nitrogen and oxygen atoms in total.